The van der Waals surface area contributed by atoms with E-state index < -0.39 is 16.0 Å². The second kappa shape index (κ2) is 11.4. The number of nitrogens with one attached hydrogen (secondary N) is 1. The van der Waals surface area contributed by atoms with Gasteiger partial charge in [0.25, 0.3) is 5.91 Å². The highest BCUT2D eigenvalue weighted by atomic mass is 32.2. The first-order chi connectivity index (χ1) is 12.5. The average Bonchev–Trinajstić information content (AvgIpc) is 2.61. The summed E-state index contributed by atoms with van der Waals surface area (Å²) in [6.45, 7) is 8.52. The fourth-order valence-corrected chi connectivity index (χ4v) is 1.96. The Hall–Kier alpha value is -3.22. The fourth-order valence-electron chi connectivity index (χ4n) is 1.45. The number of sulfonamides is 1. The molecule has 0 heterocycles. The van der Waals surface area contributed by atoms with E-state index in [2.05, 4.69) is 23.2 Å². The molecule has 1 aromatic rings. The lowest BCUT2D eigenvalue weighted by Gasteiger charge is -2.05. The number of esters is 1. The van der Waals surface area contributed by atoms with Gasteiger partial charge in [0.2, 0.25) is 10.0 Å². The van der Waals surface area contributed by atoms with Crippen LogP contribution in [-0.4, -0.2) is 27.4 Å². The van der Waals surface area contributed by atoms with Gasteiger partial charge in [-0.3, -0.25) is 4.79 Å². The molecule has 0 aliphatic rings. The number of nitriles is 1. The summed E-state index contributed by atoms with van der Waals surface area (Å²) in [5.74, 6) is -0.754. The second-order valence-electron chi connectivity index (χ2n) is 5.13. The molecule has 1 amide bonds. The Morgan fingerprint density at radius 3 is 2.26 bits per heavy atom. The Bertz CT molecular complexity index is 879. The maximum absolute atomic E-state index is 11.2. The highest BCUT2D eigenvalue weighted by molar-refractivity contribution is 7.89. The fraction of sp³-hybridized carbons (Fsp3) is 0.167. The number of amides is 1. The van der Waals surface area contributed by atoms with E-state index in [1.807, 2.05) is 0 Å². The molecule has 27 heavy (non-hydrogen) atoms. The number of ether oxygens (including phenoxy) is 1. The van der Waals surface area contributed by atoms with Gasteiger partial charge in [-0.15, -0.1) is 0 Å². The predicted octanol–water partition coefficient (Wildman–Crippen LogP) is 2.03. The van der Waals surface area contributed by atoms with Crippen molar-refractivity contribution < 1.29 is 22.7 Å². The van der Waals surface area contributed by atoms with Crippen molar-refractivity contribution in [2.75, 3.05) is 12.4 Å². The quantitative estimate of drug-likeness (QED) is 0.432. The third-order valence-electron chi connectivity index (χ3n) is 2.86. The van der Waals surface area contributed by atoms with E-state index in [-0.39, 0.29) is 10.8 Å². The SMILES string of the molecule is C=C(C)C(=O)Nc1ccc(S(N)(=O)=O)cc1.C=C(CC=CC#N)C(=O)OC. The molecule has 0 saturated carbocycles. The summed E-state index contributed by atoms with van der Waals surface area (Å²) in [5.41, 5.74) is 1.20. The van der Waals surface area contributed by atoms with Gasteiger partial charge in [-0.2, -0.15) is 5.26 Å². The van der Waals surface area contributed by atoms with Crippen molar-refractivity contribution in [1.29, 1.82) is 5.26 Å². The van der Waals surface area contributed by atoms with Gasteiger partial charge in [0, 0.05) is 22.9 Å². The van der Waals surface area contributed by atoms with E-state index in [1.165, 1.54) is 37.5 Å². The molecule has 0 fully saturated rings. The first-order valence-electron chi connectivity index (χ1n) is 7.43. The van der Waals surface area contributed by atoms with E-state index >= 15 is 0 Å². The number of carbonyl (C=O) groups excluding carboxylic acids is 2. The lowest BCUT2D eigenvalue weighted by atomic mass is 10.2. The predicted molar refractivity (Wildman–Crippen MR) is 102 cm³/mol. The number of carbonyl (C=O) groups is 2. The molecule has 8 nitrogen and oxygen atoms in total. The van der Waals surface area contributed by atoms with Crippen LogP contribution in [0.1, 0.15) is 13.3 Å². The van der Waals surface area contributed by atoms with Crippen molar-refractivity contribution in [2.24, 2.45) is 5.14 Å². The number of hydrogen-bond donors (Lipinski definition) is 2. The molecule has 3 N–H and O–H groups in total. The van der Waals surface area contributed by atoms with Gasteiger partial charge in [-0.05, 0) is 37.6 Å². The largest absolute Gasteiger partial charge is 0.466 e. The summed E-state index contributed by atoms with van der Waals surface area (Å²) >= 11 is 0. The van der Waals surface area contributed by atoms with Gasteiger partial charge in [0.15, 0.2) is 0 Å². The topological polar surface area (TPSA) is 139 Å². The van der Waals surface area contributed by atoms with E-state index in [0.29, 0.717) is 23.3 Å². The van der Waals surface area contributed by atoms with Crippen LogP contribution in [0.15, 0.2) is 65.6 Å². The number of benzene rings is 1. The Labute approximate surface area is 158 Å². The molecule has 0 atom stereocenters. The van der Waals surface area contributed by atoms with Crippen LogP contribution in [0, 0.1) is 11.3 Å². The lowest BCUT2D eigenvalue weighted by Crippen LogP contribution is -2.13. The number of rotatable bonds is 6. The molecule has 1 aromatic carbocycles. The summed E-state index contributed by atoms with van der Waals surface area (Å²) in [6.07, 6.45) is 3.22. The zero-order valence-corrected chi connectivity index (χ0v) is 15.9. The molecule has 0 unspecified atom stereocenters. The Morgan fingerprint density at radius 2 is 1.85 bits per heavy atom. The average molecular weight is 391 g/mol. The van der Waals surface area contributed by atoms with Gasteiger partial charge in [-0.1, -0.05) is 19.2 Å². The molecule has 0 aliphatic heterocycles. The summed E-state index contributed by atoms with van der Waals surface area (Å²) < 4.78 is 26.3. The standard InChI is InChI=1S/C10H12N2O3S.C8H9NO2/c1-7(2)10(13)12-8-3-5-9(6-4-8)16(11,14)15;1-7(8(10)11-2)5-3-4-6-9/h3-6H,1H2,2H3,(H,12,13)(H2,11,14,15);3-4H,1,5H2,2H3. The minimum atomic E-state index is -3.69. The number of primary sulfonamides is 1. The summed E-state index contributed by atoms with van der Waals surface area (Å²) in [7, 11) is -2.40. The van der Waals surface area contributed by atoms with Crippen LogP contribution < -0.4 is 10.5 Å². The maximum atomic E-state index is 11.2. The van der Waals surface area contributed by atoms with Crippen LogP contribution in [0.25, 0.3) is 0 Å². The number of anilines is 1. The first-order valence-corrected chi connectivity index (χ1v) is 8.98. The molecule has 144 valence electrons. The van der Waals surface area contributed by atoms with Gasteiger partial charge < -0.3 is 10.1 Å². The molecule has 0 saturated heterocycles. The van der Waals surface area contributed by atoms with Gasteiger partial charge in [0.1, 0.15) is 0 Å². The molecule has 1 rings (SSSR count). The van der Waals surface area contributed by atoms with Crippen molar-refractivity contribution >= 4 is 27.6 Å². The number of methoxy groups -OCH3 is 1. The van der Waals surface area contributed by atoms with Crippen molar-refractivity contribution in [3.8, 4) is 6.07 Å². The molecule has 0 spiro atoms. The van der Waals surface area contributed by atoms with E-state index in [9.17, 15) is 18.0 Å². The highest BCUT2D eigenvalue weighted by Gasteiger charge is 2.08. The summed E-state index contributed by atoms with van der Waals surface area (Å²) in [5, 5.41) is 15.6. The van der Waals surface area contributed by atoms with Crippen molar-refractivity contribution in [1.82, 2.24) is 0 Å². The van der Waals surface area contributed by atoms with Crippen LogP contribution in [0.4, 0.5) is 5.69 Å². The summed E-state index contributed by atoms with van der Waals surface area (Å²) in [4.78, 5) is 21.9. The molecular formula is C18H21N3O5S. The van der Waals surface area contributed by atoms with Gasteiger partial charge in [-0.25, -0.2) is 18.4 Å². The maximum Gasteiger partial charge on any atom is 0.333 e. The highest BCUT2D eigenvalue weighted by Crippen LogP contribution is 2.13. The van der Waals surface area contributed by atoms with Crippen LogP contribution in [-0.2, 0) is 24.3 Å². The van der Waals surface area contributed by atoms with Crippen LogP contribution >= 0.6 is 0 Å². The zero-order chi connectivity index (χ0) is 21.0. The second-order valence-corrected chi connectivity index (χ2v) is 6.70. The van der Waals surface area contributed by atoms with E-state index in [4.69, 9.17) is 10.4 Å². The van der Waals surface area contributed by atoms with Crippen molar-refractivity contribution in [3.63, 3.8) is 0 Å². The molecule has 9 heteroatoms. The smallest absolute Gasteiger partial charge is 0.333 e. The minimum Gasteiger partial charge on any atom is -0.466 e. The Balaban J connectivity index is 0.000000541. The normalized spacial score (nSPS) is 10.1. The molecular weight excluding hydrogens is 370 g/mol. The number of nitrogens with zero attached hydrogens (tertiary/aromatic N) is 1. The Kier molecular flexibility index (Phi) is 10.0. The van der Waals surface area contributed by atoms with Gasteiger partial charge in [0.05, 0.1) is 18.1 Å². The van der Waals surface area contributed by atoms with E-state index in [1.54, 1.807) is 19.1 Å². The number of allylic oxidation sites excluding steroid dienone is 2. The third-order valence-corrected chi connectivity index (χ3v) is 3.79. The van der Waals surface area contributed by atoms with Crippen LogP contribution in [0.5, 0.6) is 0 Å². The number of hydrogen-bond acceptors (Lipinski definition) is 6. The van der Waals surface area contributed by atoms with Crippen molar-refractivity contribution in [2.45, 2.75) is 18.2 Å². The molecule has 0 bridgehead atoms. The first kappa shape index (κ1) is 23.8. The van der Waals surface area contributed by atoms with Gasteiger partial charge >= 0.3 is 5.97 Å². The summed E-state index contributed by atoms with van der Waals surface area (Å²) in [6, 6.07) is 7.37. The van der Waals surface area contributed by atoms with Crippen molar-refractivity contribution in [3.05, 3.63) is 60.7 Å². The number of nitrogens with two attached hydrogens (primary N) is 1. The lowest BCUT2D eigenvalue weighted by molar-refractivity contribution is -0.136. The third kappa shape index (κ3) is 9.74. The monoisotopic (exact) mass is 391 g/mol. The minimum absolute atomic E-state index is 0.000763. The molecule has 0 radical (unpaired) electrons. The van der Waals surface area contributed by atoms with Crippen LogP contribution in [0.2, 0.25) is 0 Å². The Morgan fingerprint density at radius 1 is 1.30 bits per heavy atom. The molecule has 0 aromatic heterocycles. The van der Waals surface area contributed by atoms with E-state index in [0.717, 1.165) is 0 Å². The molecule has 0 aliphatic carbocycles. The zero-order valence-electron chi connectivity index (χ0n) is 15.1. The van der Waals surface area contributed by atoms with Crippen LogP contribution in [0.3, 0.4) is 0 Å².